The standard InChI is InChI=1S/C21H22N2/c1-3-17-10-20(12-18-6-4-8-22-14-18)16(2)21(11-17)13-19-7-5-9-23-15-19/h4-9,12-15,17H,2-3,10-11H2,1H3/b20-12+,21-13+. The van der Waals surface area contributed by atoms with Crippen molar-refractivity contribution in [3.8, 4) is 0 Å². The maximum absolute atomic E-state index is 4.36. The van der Waals surface area contributed by atoms with Gasteiger partial charge < -0.3 is 0 Å². The van der Waals surface area contributed by atoms with Gasteiger partial charge in [0.2, 0.25) is 0 Å². The lowest BCUT2D eigenvalue weighted by Gasteiger charge is -2.28. The Kier molecular flexibility index (Phi) is 4.82. The second kappa shape index (κ2) is 7.19. The lowest BCUT2D eigenvalue weighted by atomic mass is 9.77. The van der Waals surface area contributed by atoms with Gasteiger partial charge in [-0.25, -0.2) is 0 Å². The lowest BCUT2D eigenvalue weighted by molar-refractivity contribution is 0.490. The number of aromatic nitrogens is 2. The van der Waals surface area contributed by atoms with Crippen molar-refractivity contribution in [2.75, 3.05) is 0 Å². The summed E-state index contributed by atoms with van der Waals surface area (Å²) in [6.07, 6.45) is 15.2. The Hall–Kier alpha value is -2.48. The number of allylic oxidation sites excluding steroid dienone is 3. The minimum Gasteiger partial charge on any atom is -0.264 e. The van der Waals surface area contributed by atoms with E-state index >= 15 is 0 Å². The zero-order valence-corrected chi connectivity index (χ0v) is 13.6. The predicted molar refractivity (Wildman–Crippen MR) is 96.6 cm³/mol. The molecule has 2 nitrogen and oxygen atoms in total. The summed E-state index contributed by atoms with van der Waals surface area (Å²) >= 11 is 0. The second-order valence-electron chi connectivity index (χ2n) is 6.07. The van der Waals surface area contributed by atoms with Crippen molar-refractivity contribution >= 4 is 12.2 Å². The van der Waals surface area contributed by atoms with Gasteiger partial charge in [-0.1, -0.05) is 32.1 Å². The summed E-state index contributed by atoms with van der Waals surface area (Å²) < 4.78 is 0. The van der Waals surface area contributed by atoms with Crippen LogP contribution in [0.15, 0.2) is 72.4 Å². The van der Waals surface area contributed by atoms with E-state index in [9.17, 15) is 0 Å². The average molecular weight is 302 g/mol. The third kappa shape index (κ3) is 3.84. The highest BCUT2D eigenvalue weighted by Crippen LogP contribution is 2.39. The first kappa shape index (κ1) is 15.4. The van der Waals surface area contributed by atoms with Crippen molar-refractivity contribution in [1.82, 2.24) is 9.97 Å². The van der Waals surface area contributed by atoms with E-state index in [-0.39, 0.29) is 0 Å². The summed E-state index contributed by atoms with van der Waals surface area (Å²) in [5.41, 5.74) is 6.09. The highest BCUT2D eigenvalue weighted by Gasteiger charge is 2.22. The van der Waals surface area contributed by atoms with Crippen LogP contribution in [0.25, 0.3) is 12.2 Å². The van der Waals surface area contributed by atoms with E-state index in [0.29, 0.717) is 5.92 Å². The lowest BCUT2D eigenvalue weighted by Crippen LogP contribution is -2.12. The highest BCUT2D eigenvalue weighted by atomic mass is 14.6. The fourth-order valence-corrected chi connectivity index (χ4v) is 3.05. The monoisotopic (exact) mass is 302 g/mol. The Bertz CT molecular complexity index is 665. The summed E-state index contributed by atoms with van der Waals surface area (Å²) in [6, 6.07) is 8.13. The Morgan fingerprint density at radius 2 is 1.52 bits per heavy atom. The molecule has 0 N–H and O–H groups in total. The van der Waals surface area contributed by atoms with Gasteiger partial charge in [-0.2, -0.15) is 0 Å². The number of hydrogen-bond acceptors (Lipinski definition) is 2. The molecule has 0 bridgehead atoms. The molecule has 2 heteroatoms. The van der Waals surface area contributed by atoms with Crippen molar-refractivity contribution in [2.24, 2.45) is 5.92 Å². The van der Waals surface area contributed by atoms with E-state index in [1.807, 2.05) is 24.5 Å². The molecule has 0 aliphatic heterocycles. The summed E-state index contributed by atoms with van der Waals surface area (Å²) in [7, 11) is 0. The van der Waals surface area contributed by atoms with E-state index in [1.54, 1.807) is 12.4 Å². The van der Waals surface area contributed by atoms with Crippen molar-refractivity contribution < 1.29 is 0 Å². The Morgan fingerprint density at radius 1 is 1.00 bits per heavy atom. The molecule has 0 radical (unpaired) electrons. The van der Waals surface area contributed by atoms with Gasteiger partial charge in [-0.15, -0.1) is 0 Å². The van der Waals surface area contributed by atoms with Gasteiger partial charge >= 0.3 is 0 Å². The molecule has 0 unspecified atom stereocenters. The minimum absolute atomic E-state index is 0.673. The van der Waals surface area contributed by atoms with Gasteiger partial charge in [0, 0.05) is 24.8 Å². The van der Waals surface area contributed by atoms with Crippen LogP contribution in [0.5, 0.6) is 0 Å². The fourth-order valence-electron chi connectivity index (χ4n) is 3.05. The van der Waals surface area contributed by atoms with Crippen LogP contribution in [-0.4, -0.2) is 9.97 Å². The molecule has 3 rings (SSSR count). The molecule has 0 spiro atoms. The molecule has 2 aromatic heterocycles. The third-order valence-electron chi connectivity index (χ3n) is 4.42. The number of rotatable bonds is 3. The normalized spacial score (nSPS) is 21.8. The molecule has 1 aliphatic carbocycles. The van der Waals surface area contributed by atoms with Gasteiger partial charge in [-0.05, 0) is 70.9 Å². The van der Waals surface area contributed by atoms with Crippen LogP contribution in [0.4, 0.5) is 0 Å². The largest absolute Gasteiger partial charge is 0.264 e. The molecule has 2 heterocycles. The molecular weight excluding hydrogens is 280 g/mol. The molecule has 0 amide bonds. The van der Waals surface area contributed by atoms with Crippen molar-refractivity contribution in [3.63, 3.8) is 0 Å². The maximum atomic E-state index is 4.36. The van der Waals surface area contributed by atoms with E-state index in [2.05, 4.69) is 47.8 Å². The molecule has 0 aromatic carbocycles. The quantitative estimate of drug-likeness (QED) is 0.767. The molecule has 1 aliphatic rings. The van der Waals surface area contributed by atoms with Crippen LogP contribution in [0.1, 0.15) is 37.3 Å². The maximum Gasteiger partial charge on any atom is 0.0340 e. The number of hydrogen-bond donors (Lipinski definition) is 0. The summed E-state index contributed by atoms with van der Waals surface area (Å²) in [6.45, 7) is 6.63. The van der Waals surface area contributed by atoms with Gasteiger partial charge in [0.15, 0.2) is 0 Å². The smallest absolute Gasteiger partial charge is 0.0340 e. The summed E-state index contributed by atoms with van der Waals surface area (Å²) in [5, 5.41) is 0. The zero-order chi connectivity index (χ0) is 16.1. The van der Waals surface area contributed by atoms with Crippen LogP contribution in [-0.2, 0) is 0 Å². The molecule has 0 saturated heterocycles. The molecular formula is C21H22N2. The van der Waals surface area contributed by atoms with Gasteiger partial charge in [0.25, 0.3) is 0 Å². The number of nitrogens with zero attached hydrogens (tertiary/aromatic N) is 2. The molecule has 116 valence electrons. The molecule has 0 atom stereocenters. The first-order chi connectivity index (χ1) is 11.3. The van der Waals surface area contributed by atoms with Crippen molar-refractivity contribution in [2.45, 2.75) is 26.2 Å². The Balaban J connectivity index is 1.94. The zero-order valence-electron chi connectivity index (χ0n) is 13.6. The van der Waals surface area contributed by atoms with E-state index in [0.717, 1.165) is 29.5 Å². The first-order valence-corrected chi connectivity index (χ1v) is 8.17. The number of pyridine rings is 2. The topological polar surface area (TPSA) is 25.8 Å². The minimum atomic E-state index is 0.673. The van der Waals surface area contributed by atoms with Crippen LogP contribution in [0.3, 0.4) is 0 Å². The van der Waals surface area contributed by atoms with E-state index in [4.69, 9.17) is 0 Å². The SMILES string of the molecule is C=C1/C(=C/c2cccnc2)CC(CC)C/C1=C\c1cccnc1. The predicted octanol–water partition coefficient (Wildman–Crippen LogP) is 5.32. The Labute approximate surface area is 138 Å². The summed E-state index contributed by atoms with van der Waals surface area (Å²) in [4.78, 5) is 8.41. The van der Waals surface area contributed by atoms with E-state index < -0.39 is 0 Å². The molecule has 1 saturated carbocycles. The molecule has 1 fully saturated rings. The third-order valence-corrected chi connectivity index (χ3v) is 4.42. The van der Waals surface area contributed by atoms with Crippen molar-refractivity contribution in [3.05, 3.63) is 83.5 Å². The van der Waals surface area contributed by atoms with Crippen LogP contribution < -0.4 is 0 Å². The van der Waals surface area contributed by atoms with E-state index in [1.165, 1.54) is 17.6 Å². The fraction of sp³-hybridized carbons (Fsp3) is 0.238. The summed E-state index contributed by atoms with van der Waals surface area (Å²) in [5.74, 6) is 0.673. The molecule has 2 aromatic rings. The van der Waals surface area contributed by atoms with Crippen LogP contribution in [0, 0.1) is 5.92 Å². The Morgan fingerprint density at radius 3 is 1.91 bits per heavy atom. The van der Waals surface area contributed by atoms with Gasteiger partial charge in [0.1, 0.15) is 0 Å². The van der Waals surface area contributed by atoms with Crippen LogP contribution >= 0.6 is 0 Å². The first-order valence-electron chi connectivity index (χ1n) is 8.17. The average Bonchev–Trinajstić information content (AvgIpc) is 2.60. The van der Waals surface area contributed by atoms with Gasteiger partial charge in [-0.3, -0.25) is 9.97 Å². The van der Waals surface area contributed by atoms with Gasteiger partial charge in [0.05, 0.1) is 0 Å². The second-order valence-corrected chi connectivity index (χ2v) is 6.07. The highest BCUT2D eigenvalue weighted by molar-refractivity contribution is 5.68. The van der Waals surface area contributed by atoms with Crippen molar-refractivity contribution in [1.29, 1.82) is 0 Å². The molecule has 23 heavy (non-hydrogen) atoms. The van der Waals surface area contributed by atoms with Crippen LogP contribution in [0.2, 0.25) is 0 Å².